The fourth-order valence-corrected chi connectivity index (χ4v) is 2.11. The van der Waals surface area contributed by atoms with Gasteiger partial charge < -0.3 is 10.5 Å². The van der Waals surface area contributed by atoms with Crippen molar-refractivity contribution in [2.45, 2.75) is 13.0 Å². The molecular weight excluding hydrogens is 328 g/mol. The van der Waals surface area contributed by atoms with Gasteiger partial charge in [0.05, 0.1) is 5.69 Å². The van der Waals surface area contributed by atoms with Crippen LogP contribution in [0.25, 0.3) is 0 Å². The van der Waals surface area contributed by atoms with Crippen LogP contribution in [-0.2, 0) is 13.0 Å². The third-order valence-corrected chi connectivity index (χ3v) is 3.30. The lowest BCUT2D eigenvalue weighted by Crippen LogP contribution is -2.06. The molecule has 100 valence electrons. The largest absolute Gasteiger partial charge is 0.487 e. The second kappa shape index (κ2) is 6.89. The predicted octanol–water partition coefficient (Wildman–Crippen LogP) is 3.58. The lowest BCUT2D eigenvalue weighted by molar-refractivity contribution is 0.298. The first-order chi connectivity index (χ1) is 9.19. The summed E-state index contributed by atoms with van der Waals surface area (Å²) in [7, 11) is 0. The fraction of sp³-hybridized carbons (Fsp3) is 0.214. The smallest absolute Gasteiger partial charge is 0.130 e. The summed E-state index contributed by atoms with van der Waals surface area (Å²) in [5, 5.41) is 0.692. The number of ether oxygens (including phenoxy) is 1. The maximum absolute atomic E-state index is 5.97. The van der Waals surface area contributed by atoms with Gasteiger partial charge in [0.15, 0.2) is 0 Å². The van der Waals surface area contributed by atoms with Gasteiger partial charge in [0, 0.05) is 15.7 Å². The van der Waals surface area contributed by atoms with E-state index in [1.165, 1.54) is 0 Å². The van der Waals surface area contributed by atoms with Gasteiger partial charge in [-0.1, -0.05) is 11.6 Å². The molecule has 0 atom stereocenters. The normalized spacial score (nSPS) is 10.5. The van der Waals surface area contributed by atoms with Crippen molar-refractivity contribution in [1.29, 1.82) is 0 Å². The summed E-state index contributed by atoms with van der Waals surface area (Å²) >= 11 is 9.32. The number of nitrogens with two attached hydrogens (primary N) is 1. The Bertz CT molecular complexity index is 546. The van der Waals surface area contributed by atoms with Crippen LogP contribution in [0.15, 0.2) is 41.0 Å². The summed E-state index contributed by atoms with van der Waals surface area (Å²) in [6.45, 7) is 0.986. The molecule has 5 heteroatoms. The Morgan fingerprint density at radius 2 is 2.11 bits per heavy atom. The van der Waals surface area contributed by atoms with Gasteiger partial charge >= 0.3 is 0 Å². The van der Waals surface area contributed by atoms with Crippen LogP contribution in [0.3, 0.4) is 0 Å². The number of halogens is 2. The van der Waals surface area contributed by atoms with E-state index in [-0.39, 0.29) is 0 Å². The molecule has 1 heterocycles. The molecule has 0 aliphatic carbocycles. The lowest BCUT2D eigenvalue weighted by Gasteiger charge is -2.11. The highest BCUT2D eigenvalue weighted by Gasteiger charge is 2.05. The van der Waals surface area contributed by atoms with E-state index in [2.05, 4.69) is 20.9 Å². The van der Waals surface area contributed by atoms with Gasteiger partial charge in [0.2, 0.25) is 0 Å². The molecule has 0 amide bonds. The van der Waals surface area contributed by atoms with E-state index in [0.29, 0.717) is 18.2 Å². The Kier molecular flexibility index (Phi) is 5.19. The number of benzene rings is 1. The summed E-state index contributed by atoms with van der Waals surface area (Å²) < 4.78 is 6.73. The van der Waals surface area contributed by atoms with E-state index in [1.54, 1.807) is 6.20 Å². The third kappa shape index (κ3) is 4.20. The third-order valence-electron chi connectivity index (χ3n) is 2.60. The highest BCUT2D eigenvalue weighted by molar-refractivity contribution is 9.10. The summed E-state index contributed by atoms with van der Waals surface area (Å²) in [4.78, 5) is 4.26. The molecule has 0 saturated heterocycles. The molecule has 19 heavy (non-hydrogen) atoms. The van der Waals surface area contributed by atoms with Crippen molar-refractivity contribution >= 4 is 27.5 Å². The number of pyridine rings is 1. The van der Waals surface area contributed by atoms with Crippen molar-refractivity contribution in [3.63, 3.8) is 0 Å². The van der Waals surface area contributed by atoms with E-state index < -0.39 is 0 Å². The molecule has 0 aliphatic heterocycles. The Morgan fingerprint density at radius 1 is 1.26 bits per heavy atom. The van der Waals surface area contributed by atoms with Crippen LogP contribution in [0.2, 0.25) is 5.02 Å². The monoisotopic (exact) mass is 340 g/mol. The molecule has 1 aromatic heterocycles. The van der Waals surface area contributed by atoms with Crippen LogP contribution in [0.5, 0.6) is 5.75 Å². The van der Waals surface area contributed by atoms with Gasteiger partial charge in [0.1, 0.15) is 12.4 Å². The van der Waals surface area contributed by atoms with Crippen molar-refractivity contribution in [1.82, 2.24) is 4.98 Å². The fourth-order valence-electron chi connectivity index (χ4n) is 1.68. The minimum absolute atomic E-state index is 0.423. The summed E-state index contributed by atoms with van der Waals surface area (Å²) in [6.07, 6.45) is 2.49. The van der Waals surface area contributed by atoms with E-state index in [9.17, 15) is 0 Å². The lowest BCUT2D eigenvalue weighted by atomic mass is 10.1. The topological polar surface area (TPSA) is 48.1 Å². The summed E-state index contributed by atoms with van der Waals surface area (Å²) in [5.41, 5.74) is 7.48. The molecule has 0 unspecified atom stereocenters. The molecule has 0 bridgehead atoms. The summed E-state index contributed by atoms with van der Waals surface area (Å²) in [6, 6.07) is 9.42. The maximum atomic E-state index is 5.97. The van der Waals surface area contributed by atoms with Crippen molar-refractivity contribution < 1.29 is 4.74 Å². The number of nitrogens with zero attached hydrogens (tertiary/aromatic N) is 1. The summed E-state index contributed by atoms with van der Waals surface area (Å²) in [5.74, 6) is 0.805. The van der Waals surface area contributed by atoms with Crippen LogP contribution in [0.4, 0.5) is 0 Å². The highest BCUT2D eigenvalue weighted by atomic mass is 79.9. The first kappa shape index (κ1) is 14.3. The highest BCUT2D eigenvalue weighted by Crippen LogP contribution is 2.24. The van der Waals surface area contributed by atoms with Crippen molar-refractivity contribution in [2.75, 3.05) is 6.54 Å². The molecule has 1 aromatic carbocycles. The number of rotatable bonds is 5. The average molecular weight is 342 g/mol. The molecule has 3 nitrogen and oxygen atoms in total. The molecule has 2 rings (SSSR count). The molecule has 0 aliphatic rings. The quantitative estimate of drug-likeness (QED) is 0.904. The maximum Gasteiger partial charge on any atom is 0.130 e. The van der Waals surface area contributed by atoms with E-state index in [4.69, 9.17) is 22.1 Å². The van der Waals surface area contributed by atoms with Gasteiger partial charge in [-0.2, -0.15) is 0 Å². The average Bonchev–Trinajstić information content (AvgIpc) is 2.40. The second-order valence-corrected chi connectivity index (χ2v) is 5.40. The second-order valence-electron chi connectivity index (χ2n) is 4.05. The zero-order valence-corrected chi connectivity index (χ0v) is 12.6. The molecule has 2 N–H and O–H groups in total. The number of hydrogen-bond donors (Lipinski definition) is 1. The number of aromatic nitrogens is 1. The SMILES string of the molecule is NCCc1cc(Cl)ccc1OCc1ccc(Br)cn1. The van der Waals surface area contributed by atoms with Crippen LogP contribution in [0, 0.1) is 0 Å². The minimum Gasteiger partial charge on any atom is -0.487 e. The first-order valence-electron chi connectivity index (χ1n) is 5.91. The van der Waals surface area contributed by atoms with Crippen molar-refractivity contribution in [2.24, 2.45) is 5.73 Å². The Morgan fingerprint density at radius 3 is 2.79 bits per heavy atom. The Labute approximate surface area is 125 Å². The minimum atomic E-state index is 0.423. The van der Waals surface area contributed by atoms with Gasteiger partial charge in [-0.05, 0) is 64.8 Å². The van der Waals surface area contributed by atoms with E-state index >= 15 is 0 Å². The van der Waals surface area contributed by atoms with Gasteiger partial charge in [-0.25, -0.2) is 0 Å². The molecule has 0 spiro atoms. The molecule has 0 radical (unpaired) electrons. The van der Waals surface area contributed by atoms with Gasteiger partial charge in [0.25, 0.3) is 0 Å². The van der Waals surface area contributed by atoms with Gasteiger partial charge in [-0.15, -0.1) is 0 Å². The van der Waals surface area contributed by atoms with E-state index in [1.807, 2.05) is 30.3 Å². The first-order valence-corrected chi connectivity index (χ1v) is 7.08. The molecule has 0 saturated carbocycles. The van der Waals surface area contributed by atoms with Crippen LogP contribution >= 0.6 is 27.5 Å². The standard InChI is InChI=1S/C14H14BrClN2O/c15-11-1-3-13(18-8-11)9-19-14-4-2-12(16)7-10(14)5-6-17/h1-4,7-8H,5-6,9,17H2. The van der Waals surface area contributed by atoms with Crippen LogP contribution in [-0.4, -0.2) is 11.5 Å². The van der Waals surface area contributed by atoms with Crippen molar-refractivity contribution in [3.8, 4) is 5.75 Å². The van der Waals surface area contributed by atoms with E-state index in [0.717, 1.165) is 27.9 Å². The Balaban J connectivity index is 2.08. The van der Waals surface area contributed by atoms with Gasteiger partial charge in [-0.3, -0.25) is 4.98 Å². The zero-order chi connectivity index (χ0) is 13.7. The molecule has 2 aromatic rings. The van der Waals surface area contributed by atoms with Crippen LogP contribution in [0.1, 0.15) is 11.3 Å². The molecular formula is C14H14BrClN2O. The zero-order valence-electron chi connectivity index (χ0n) is 10.3. The van der Waals surface area contributed by atoms with Crippen molar-refractivity contribution in [3.05, 3.63) is 57.3 Å². The Hall–Kier alpha value is -1.10. The van der Waals surface area contributed by atoms with Crippen LogP contribution < -0.4 is 10.5 Å². The number of hydrogen-bond acceptors (Lipinski definition) is 3. The predicted molar refractivity (Wildman–Crippen MR) is 80.5 cm³/mol. The molecule has 0 fully saturated rings.